The van der Waals surface area contributed by atoms with Crippen molar-refractivity contribution in [3.8, 4) is 0 Å². The summed E-state index contributed by atoms with van der Waals surface area (Å²) >= 11 is 0. The van der Waals surface area contributed by atoms with Crippen LogP contribution in [-0.2, 0) is 19.1 Å². The molecule has 0 aromatic heterocycles. The Hall–Kier alpha value is -1.20. The summed E-state index contributed by atoms with van der Waals surface area (Å²) in [6, 6.07) is 0. The maximum Gasteiger partial charge on any atom is 0.320 e. The van der Waals surface area contributed by atoms with E-state index in [-0.39, 0.29) is 0 Å². The highest BCUT2D eigenvalue weighted by molar-refractivity contribution is 5.94. The first-order valence-electron chi connectivity index (χ1n) is 5.31. The van der Waals surface area contributed by atoms with Crippen molar-refractivity contribution in [3.05, 3.63) is 0 Å². The molecule has 0 aliphatic carbocycles. The van der Waals surface area contributed by atoms with E-state index in [1.807, 2.05) is 0 Å². The van der Waals surface area contributed by atoms with Crippen LogP contribution in [0.2, 0.25) is 0 Å². The predicted molar refractivity (Wildman–Crippen MR) is 56.6 cm³/mol. The van der Waals surface area contributed by atoms with Crippen LogP contribution < -0.4 is 0 Å². The monoisotopic (exact) mass is 252 g/mol. The fourth-order valence-electron chi connectivity index (χ4n) is 0.860. The van der Waals surface area contributed by atoms with Gasteiger partial charge in [-0.1, -0.05) is 0 Å². The van der Waals surface area contributed by atoms with Crippen molar-refractivity contribution >= 4 is 11.9 Å². The lowest BCUT2D eigenvalue weighted by atomic mass is 10.1. The molecule has 0 rings (SSSR count). The molecule has 100 valence electrons. The second-order valence-electron chi connectivity index (χ2n) is 4.60. The van der Waals surface area contributed by atoms with E-state index in [1.54, 1.807) is 20.8 Å². The third kappa shape index (κ3) is 7.65. The molecule has 0 spiro atoms. The van der Waals surface area contributed by atoms with Crippen LogP contribution >= 0.6 is 0 Å². The van der Waals surface area contributed by atoms with E-state index in [0.29, 0.717) is 0 Å². The average molecular weight is 252 g/mol. The number of esters is 2. The molecule has 0 N–H and O–H groups in total. The lowest BCUT2D eigenvalue weighted by molar-refractivity contribution is -0.168. The first-order valence-corrected chi connectivity index (χ1v) is 5.31. The van der Waals surface area contributed by atoms with Crippen molar-refractivity contribution < 1.29 is 27.8 Å². The van der Waals surface area contributed by atoms with Gasteiger partial charge < -0.3 is 9.47 Å². The van der Waals surface area contributed by atoms with Crippen LogP contribution in [0.1, 0.15) is 34.1 Å². The van der Waals surface area contributed by atoms with Gasteiger partial charge in [0.05, 0.1) is 6.61 Å². The van der Waals surface area contributed by atoms with Crippen LogP contribution in [0.5, 0.6) is 0 Å². The van der Waals surface area contributed by atoms with Gasteiger partial charge in [0.2, 0.25) is 6.43 Å². The Labute approximate surface area is 99.3 Å². The predicted octanol–water partition coefficient (Wildman–Crippen LogP) is 2.16. The molecule has 0 fully saturated rings. The molecular formula is C11H18F2O4. The van der Waals surface area contributed by atoms with Crippen molar-refractivity contribution in [2.75, 3.05) is 6.61 Å². The van der Waals surface area contributed by atoms with Crippen LogP contribution in [0.3, 0.4) is 0 Å². The molecule has 0 saturated carbocycles. The molecule has 1 unspecified atom stereocenters. The SMILES string of the molecule is CC(C(=O)OCCC(F)F)C(=O)OC(C)(C)C. The third-order valence-corrected chi connectivity index (χ3v) is 1.69. The van der Waals surface area contributed by atoms with Gasteiger partial charge in [-0.05, 0) is 27.7 Å². The zero-order valence-electron chi connectivity index (χ0n) is 10.5. The van der Waals surface area contributed by atoms with Crippen molar-refractivity contribution in [2.45, 2.75) is 46.1 Å². The van der Waals surface area contributed by atoms with Gasteiger partial charge >= 0.3 is 11.9 Å². The minimum atomic E-state index is -2.53. The second-order valence-corrected chi connectivity index (χ2v) is 4.60. The molecule has 0 heterocycles. The normalized spacial score (nSPS) is 13.4. The minimum absolute atomic E-state index is 0.399. The minimum Gasteiger partial charge on any atom is -0.465 e. The summed E-state index contributed by atoms with van der Waals surface area (Å²) in [6.07, 6.45) is -3.06. The summed E-state index contributed by atoms with van der Waals surface area (Å²) in [7, 11) is 0. The average Bonchev–Trinajstić information content (AvgIpc) is 2.13. The van der Waals surface area contributed by atoms with Crippen molar-refractivity contribution in [1.82, 2.24) is 0 Å². The Morgan fingerprint density at radius 2 is 1.71 bits per heavy atom. The number of ether oxygens (including phenoxy) is 2. The Bertz CT molecular complexity index is 271. The van der Waals surface area contributed by atoms with E-state index >= 15 is 0 Å². The van der Waals surface area contributed by atoms with Gasteiger partial charge in [-0.25, -0.2) is 8.78 Å². The molecule has 17 heavy (non-hydrogen) atoms. The lowest BCUT2D eigenvalue weighted by Gasteiger charge is -2.21. The van der Waals surface area contributed by atoms with Crippen LogP contribution in [0.15, 0.2) is 0 Å². The lowest BCUT2D eigenvalue weighted by Crippen LogP contribution is -2.32. The number of carbonyl (C=O) groups excluding carboxylic acids is 2. The number of hydrogen-bond donors (Lipinski definition) is 0. The quantitative estimate of drug-likeness (QED) is 0.555. The summed E-state index contributed by atoms with van der Waals surface area (Å²) < 4.78 is 33.1. The van der Waals surface area contributed by atoms with Crippen LogP contribution in [0, 0.1) is 5.92 Å². The molecule has 0 aromatic rings. The topological polar surface area (TPSA) is 52.6 Å². The second kappa shape index (κ2) is 6.51. The number of halogens is 2. The molecule has 0 saturated heterocycles. The maximum absolute atomic E-state index is 11.8. The largest absolute Gasteiger partial charge is 0.465 e. The molecule has 0 bridgehead atoms. The smallest absolute Gasteiger partial charge is 0.320 e. The highest BCUT2D eigenvalue weighted by Crippen LogP contribution is 2.12. The molecule has 0 aliphatic heterocycles. The van der Waals surface area contributed by atoms with E-state index in [9.17, 15) is 18.4 Å². The maximum atomic E-state index is 11.8. The first-order chi connectivity index (χ1) is 7.63. The molecule has 4 nitrogen and oxygen atoms in total. The van der Waals surface area contributed by atoms with Crippen molar-refractivity contribution in [1.29, 1.82) is 0 Å². The Morgan fingerprint density at radius 1 is 1.18 bits per heavy atom. The molecule has 0 aromatic carbocycles. The van der Waals surface area contributed by atoms with Gasteiger partial charge in [0.15, 0.2) is 5.92 Å². The van der Waals surface area contributed by atoms with Gasteiger partial charge in [0.1, 0.15) is 5.60 Å². The van der Waals surface area contributed by atoms with Gasteiger partial charge in [0.25, 0.3) is 0 Å². The van der Waals surface area contributed by atoms with E-state index in [2.05, 4.69) is 4.74 Å². The first kappa shape index (κ1) is 15.8. The van der Waals surface area contributed by atoms with Crippen molar-refractivity contribution in [3.63, 3.8) is 0 Å². The molecule has 0 amide bonds. The van der Waals surface area contributed by atoms with Gasteiger partial charge in [0, 0.05) is 6.42 Å². The van der Waals surface area contributed by atoms with Crippen molar-refractivity contribution in [2.24, 2.45) is 5.92 Å². The molecular weight excluding hydrogens is 234 g/mol. The number of hydrogen-bond acceptors (Lipinski definition) is 4. The Kier molecular flexibility index (Phi) is 6.05. The zero-order valence-corrected chi connectivity index (χ0v) is 10.5. The molecule has 6 heteroatoms. The van der Waals surface area contributed by atoms with Gasteiger partial charge in [-0.3, -0.25) is 9.59 Å². The number of rotatable bonds is 5. The fraction of sp³-hybridized carbons (Fsp3) is 0.818. The number of carbonyl (C=O) groups is 2. The fourth-order valence-corrected chi connectivity index (χ4v) is 0.860. The van der Waals surface area contributed by atoms with Crippen LogP contribution in [0.4, 0.5) is 8.78 Å². The summed E-state index contributed by atoms with van der Waals surface area (Å²) in [5, 5.41) is 0. The highest BCUT2D eigenvalue weighted by atomic mass is 19.3. The Balaban J connectivity index is 4.08. The molecule has 1 atom stereocenters. The Morgan fingerprint density at radius 3 is 2.12 bits per heavy atom. The summed E-state index contributed by atoms with van der Waals surface area (Å²) in [6.45, 7) is 5.92. The van der Waals surface area contributed by atoms with E-state index in [0.717, 1.165) is 0 Å². The molecule has 0 aliphatic rings. The van der Waals surface area contributed by atoms with Crippen LogP contribution in [0.25, 0.3) is 0 Å². The van der Waals surface area contributed by atoms with Gasteiger partial charge in [-0.2, -0.15) is 0 Å². The number of alkyl halides is 2. The van der Waals surface area contributed by atoms with Gasteiger partial charge in [-0.15, -0.1) is 0 Å². The standard InChI is InChI=1S/C11H18F2O4/c1-7(10(15)17-11(2,3)4)9(14)16-6-5-8(12)13/h7-8H,5-6H2,1-4H3. The van der Waals surface area contributed by atoms with E-state index < -0.39 is 42.9 Å². The summed E-state index contributed by atoms with van der Waals surface area (Å²) in [5.41, 5.74) is -0.700. The zero-order chi connectivity index (χ0) is 13.6. The summed E-state index contributed by atoms with van der Waals surface area (Å²) in [5.74, 6) is -2.67. The highest BCUT2D eigenvalue weighted by Gasteiger charge is 2.28. The molecule has 0 radical (unpaired) electrons. The van der Waals surface area contributed by atoms with E-state index in [4.69, 9.17) is 4.74 Å². The van der Waals surface area contributed by atoms with E-state index in [1.165, 1.54) is 6.92 Å². The summed E-state index contributed by atoms with van der Waals surface area (Å²) in [4.78, 5) is 22.7. The van der Waals surface area contributed by atoms with Crippen LogP contribution in [-0.4, -0.2) is 30.6 Å². The third-order valence-electron chi connectivity index (χ3n) is 1.69.